The topological polar surface area (TPSA) is 56.0 Å². The molecule has 2 rings (SSSR count). The van der Waals surface area contributed by atoms with Gasteiger partial charge in [0.05, 0.1) is 18.2 Å². The molecule has 1 aromatic carbocycles. The van der Waals surface area contributed by atoms with Gasteiger partial charge in [0.2, 0.25) is 0 Å². The maximum absolute atomic E-state index is 9.47. The standard InChI is InChI=1S/C16H20N2O/c17-12-15-7-5-14(6-8-15)4-3-11-18-16(13-19)9-1-2-10-16/h3-8,18-19H,1-2,9-11,13H2/b4-3+. The number of hydrogen-bond acceptors (Lipinski definition) is 3. The molecule has 1 fully saturated rings. The number of nitrogens with zero attached hydrogens (tertiary/aromatic N) is 1. The average molecular weight is 256 g/mol. The van der Waals surface area contributed by atoms with E-state index < -0.39 is 0 Å². The molecule has 100 valence electrons. The predicted octanol–water partition coefficient (Wildman–Crippen LogP) is 2.47. The Morgan fingerprint density at radius 1 is 1.26 bits per heavy atom. The van der Waals surface area contributed by atoms with E-state index in [2.05, 4.69) is 17.5 Å². The molecule has 0 amide bonds. The SMILES string of the molecule is N#Cc1ccc(/C=C/CNC2(CO)CCCC2)cc1. The van der Waals surface area contributed by atoms with Crippen molar-refractivity contribution in [1.29, 1.82) is 5.26 Å². The molecule has 1 aliphatic carbocycles. The molecule has 0 bridgehead atoms. The first kappa shape index (κ1) is 13.8. The number of aliphatic hydroxyl groups excluding tert-OH is 1. The van der Waals surface area contributed by atoms with E-state index in [0.29, 0.717) is 5.56 Å². The molecular formula is C16H20N2O. The third-order valence-electron chi connectivity index (χ3n) is 3.81. The van der Waals surface area contributed by atoms with Crippen LogP contribution in [0.4, 0.5) is 0 Å². The predicted molar refractivity (Wildman–Crippen MR) is 76.5 cm³/mol. The molecule has 1 aliphatic rings. The molecule has 0 aromatic heterocycles. The summed E-state index contributed by atoms with van der Waals surface area (Å²) in [6, 6.07) is 9.62. The van der Waals surface area contributed by atoms with Crippen LogP contribution in [-0.2, 0) is 0 Å². The third-order valence-corrected chi connectivity index (χ3v) is 3.81. The highest BCUT2D eigenvalue weighted by Gasteiger charge is 2.31. The fraction of sp³-hybridized carbons (Fsp3) is 0.438. The van der Waals surface area contributed by atoms with E-state index >= 15 is 0 Å². The highest BCUT2D eigenvalue weighted by Crippen LogP contribution is 2.28. The number of rotatable bonds is 5. The summed E-state index contributed by atoms with van der Waals surface area (Å²) >= 11 is 0. The van der Waals surface area contributed by atoms with Crippen LogP contribution in [0.25, 0.3) is 6.08 Å². The lowest BCUT2D eigenvalue weighted by atomic mass is 9.99. The minimum atomic E-state index is -0.0605. The first-order valence-corrected chi connectivity index (χ1v) is 6.81. The summed E-state index contributed by atoms with van der Waals surface area (Å²) in [6.07, 6.45) is 8.63. The van der Waals surface area contributed by atoms with Gasteiger partial charge in [-0.15, -0.1) is 0 Å². The van der Waals surface area contributed by atoms with Crippen molar-refractivity contribution in [3.63, 3.8) is 0 Å². The van der Waals surface area contributed by atoms with Gasteiger partial charge in [0.1, 0.15) is 0 Å². The molecule has 3 nitrogen and oxygen atoms in total. The van der Waals surface area contributed by atoms with Gasteiger partial charge in [0.25, 0.3) is 0 Å². The first-order valence-electron chi connectivity index (χ1n) is 6.81. The zero-order valence-electron chi connectivity index (χ0n) is 11.1. The molecule has 2 N–H and O–H groups in total. The Balaban J connectivity index is 1.84. The maximum Gasteiger partial charge on any atom is 0.0991 e. The van der Waals surface area contributed by atoms with Gasteiger partial charge >= 0.3 is 0 Å². The zero-order chi connectivity index (χ0) is 13.6. The first-order chi connectivity index (χ1) is 9.28. The summed E-state index contributed by atoms with van der Waals surface area (Å²) in [5, 5.41) is 21.6. The van der Waals surface area contributed by atoms with Crippen molar-refractivity contribution >= 4 is 6.08 Å². The summed E-state index contributed by atoms with van der Waals surface area (Å²) in [7, 11) is 0. The van der Waals surface area contributed by atoms with E-state index in [9.17, 15) is 5.11 Å². The van der Waals surface area contributed by atoms with Crippen LogP contribution in [0.5, 0.6) is 0 Å². The molecule has 0 aliphatic heterocycles. The van der Waals surface area contributed by atoms with Crippen LogP contribution in [0.15, 0.2) is 30.3 Å². The average Bonchev–Trinajstić information content (AvgIpc) is 2.94. The lowest BCUT2D eigenvalue weighted by Gasteiger charge is -2.27. The van der Waals surface area contributed by atoms with E-state index in [-0.39, 0.29) is 12.1 Å². The zero-order valence-corrected chi connectivity index (χ0v) is 11.1. The van der Waals surface area contributed by atoms with Crippen molar-refractivity contribution in [3.8, 4) is 6.07 Å². The van der Waals surface area contributed by atoms with Crippen molar-refractivity contribution in [2.24, 2.45) is 0 Å². The minimum Gasteiger partial charge on any atom is -0.394 e. The summed E-state index contributed by atoms with van der Waals surface area (Å²) in [5.74, 6) is 0. The molecule has 1 saturated carbocycles. The van der Waals surface area contributed by atoms with E-state index in [4.69, 9.17) is 5.26 Å². The Hall–Kier alpha value is -1.63. The second-order valence-corrected chi connectivity index (χ2v) is 5.16. The Bertz CT molecular complexity index is 465. The van der Waals surface area contributed by atoms with E-state index in [1.807, 2.05) is 30.3 Å². The molecule has 0 radical (unpaired) electrons. The summed E-state index contributed by atoms with van der Waals surface area (Å²) < 4.78 is 0. The Kier molecular flexibility index (Phi) is 4.73. The number of hydrogen-bond donors (Lipinski definition) is 2. The van der Waals surface area contributed by atoms with E-state index in [1.165, 1.54) is 12.8 Å². The largest absolute Gasteiger partial charge is 0.394 e. The van der Waals surface area contributed by atoms with Crippen molar-refractivity contribution in [2.45, 2.75) is 31.2 Å². The van der Waals surface area contributed by atoms with Gasteiger partial charge in [-0.25, -0.2) is 0 Å². The molecule has 0 heterocycles. The molecule has 19 heavy (non-hydrogen) atoms. The fourth-order valence-electron chi connectivity index (χ4n) is 2.58. The van der Waals surface area contributed by atoms with Crippen LogP contribution in [0.2, 0.25) is 0 Å². The number of nitriles is 1. The van der Waals surface area contributed by atoms with E-state index in [1.54, 1.807) is 0 Å². The second-order valence-electron chi connectivity index (χ2n) is 5.16. The van der Waals surface area contributed by atoms with Crippen LogP contribution >= 0.6 is 0 Å². The summed E-state index contributed by atoms with van der Waals surface area (Å²) in [5.41, 5.74) is 1.71. The molecule has 0 spiro atoms. The van der Waals surface area contributed by atoms with Crippen molar-refractivity contribution in [2.75, 3.05) is 13.2 Å². The molecular weight excluding hydrogens is 236 g/mol. The molecule has 0 saturated heterocycles. The molecule has 1 aromatic rings. The van der Waals surface area contributed by atoms with Gasteiger partial charge in [0, 0.05) is 12.1 Å². The minimum absolute atomic E-state index is 0.0605. The fourth-order valence-corrected chi connectivity index (χ4v) is 2.58. The second kappa shape index (κ2) is 6.51. The highest BCUT2D eigenvalue weighted by molar-refractivity contribution is 5.51. The van der Waals surface area contributed by atoms with Crippen molar-refractivity contribution in [1.82, 2.24) is 5.32 Å². The summed E-state index contributed by atoms with van der Waals surface area (Å²) in [4.78, 5) is 0. The maximum atomic E-state index is 9.47. The monoisotopic (exact) mass is 256 g/mol. The summed E-state index contributed by atoms with van der Waals surface area (Å²) in [6.45, 7) is 0.984. The number of aliphatic hydroxyl groups is 1. The van der Waals surface area contributed by atoms with Crippen LogP contribution in [0.1, 0.15) is 36.8 Å². The molecule has 0 atom stereocenters. The van der Waals surface area contributed by atoms with Crippen molar-refractivity contribution in [3.05, 3.63) is 41.5 Å². The Labute approximate surface area is 114 Å². The smallest absolute Gasteiger partial charge is 0.0991 e. The van der Waals surface area contributed by atoms with E-state index in [0.717, 1.165) is 24.9 Å². The Morgan fingerprint density at radius 3 is 2.53 bits per heavy atom. The van der Waals surface area contributed by atoms with Gasteiger partial charge < -0.3 is 10.4 Å². The van der Waals surface area contributed by atoms with Crippen LogP contribution in [0.3, 0.4) is 0 Å². The molecule has 0 unspecified atom stereocenters. The normalized spacial score (nSPS) is 17.7. The lowest BCUT2D eigenvalue weighted by Crippen LogP contribution is -2.46. The van der Waals surface area contributed by atoms with Crippen LogP contribution in [-0.4, -0.2) is 23.8 Å². The van der Waals surface area contributed by atoms with Gasteiger partial charge in [-0.2, -0.15) is 5.26 Å². The van der Waals surface area contributed by atoms with Crippen molar-refractivity contribution < 1.29 is 5.11 Å². The van der Waals surface area contributed by atoms with Gasteiger partial charge in [-0.05, 0) is 30.5 Å². The lowest BCUT2D eigenvalue weighted by molar-refractivity contribution is 0.168. The van der Waals surface area contributed by atoms with Crippen LogP contribution in [0, 0.1) is 11.3 Å². The number of benzene rings is 1. The third kappa shape index (κ3) is 3.66. The van der Waals surface area contributed by atoms with Gasteiger partial charge in [0.15, 0.2) is 0 Å². The Morgan fingerprint density at radius 2 is 1.95 bits per heavy atom. The quantitative estimate of drug-likeness (QED) is 0.851. The van der Waals surface area contributed by atoms with Gasteiger partial charge in [-0.3, -0.25) is 0 Å². The molecule has 3 heteroatoms. The highest BCUT2D eigenvalue weighted by atomic mass is 16.3. The number of nitrogens with one attached hydrogen (secondary N) is 1. The van der Waals surface area contributed by atoms with Gasteiger partial charge in [-0.1, -0.05) is 37.1 Å². The van der Waals surface area contributed by atoms with Crippen LogP contribution < -0.4 is 5.32 Å².